The predicted molar refractivity (Wildman–Crippen MR) is 59.0 cm³/mol. The Bertz CT molecular complexity index is 267. The molecule has 0 unspecified atom stereocenters. The summed E-state index contributed by atoms with van der Waals surface area (Å²) in [4.78, 5) is 22.9. The van der Waals surface area contributed by atoms with Gasteiger partial charge in [-0.25, -0.2) is 4.79 Å². The molecule has 0 aliphatic carbocycles. The fourth-order valence-corrected chi connectivity index (χ4v) is 1.33. The Labute approximate surface area is 95.1 Å². The fraction of sp³-hybridized carbons (Fsp3) is 0.800. The van der Waals surface area contributed by atoms with Gasteiger partial charge in [0.1, 0.15) is 5.60 Å². The molecule has 1 aliphatic rings. The van der Waals surface area contributed by atoms with Crippen LogP contribution in [-0.4, -0.2) is 43.3 Å². The van der Waals surface area contributed by atoms with E-state index >= 15 is 0 Å². The van der Waals surface area contributed by atoms with E-state index in [1.165, 1.54) is 0 Å². The van der Waals surface area contributed by atoms with Gasteiger partial charge in [-0.05, 0) is 20.8 Å². The molecular weight excluding hydrogens is 210 g/mol. The second-order valence-corrected chi connectivity index (χ2v) is 4.70. The molecule has 0 radical (unpaired) electrons. The smallest absolute Gasteiger partial charge is 0.414 e. The summed E-state index contributed by atoms with van der Waals surface area (Å²) in [5, 5.41) is 8.27. The SMILES string of the molecule is CC(C)(C)OC(=O)NC(=O)[C@@H]1CNCCN1. The summed E-state index contributed by atoms with van der Waals surface area (Å²) in [6, 6.07) is -0.374. The highest BCUT2D eigenvalue weighted by Gasteiger charge is 2.24. The Kier molecular flexibility index (Phi) is 4.26. The van der Waals surface area contributed by atoms with Crippen molar-refractivity contribution in [1.82, 2.24) is 16.0 Å². The van der Waals surface area contributed by atoms with E-state index < -0.39 is 11.7 Å². The minimum absolute atomic E-state index is 0.360. The number of hydrogen-bond donors (Lipinski definition) is 3. The van der Waals surface area contributed by atoms with Gasteiger partial charge in [-0.15, -0.1) is 0 Å². The van der Waals surface area contributed by atoms with Gasteiger partial charge in [-0.3, -0.25) is 10.1 Å². The van der Waals surface area contributed by atoms with E-state index in [1.54, 1.807) is 20.8 Å². The van der Waals surface area contributed by atoms with Crippen LogP contribution in [0.5, 0.6) is 0 Å². The molecule has 0 aromatic heterocycles. The first-order chi connectivity index (χ1) is 7.38. The van der Waals surface area contributed by atoms with E-state index in [2.05, 4.69) is 16.0 Å². The van der Waals surface area contributed by atoms with E-state index in [1.807, 2.05) is 0 Å². The Balaban J connectivity index is 2.35. The second-order valence-electron chi connectivity index (χ2n) is 4.70. The van der Waals surface area contributed by atoms with Crippen LogP contribution in [0.15, 0.2) is 0 Å². The minimum Gasteiger partial charge on any atom is -0.444 e. The number of hydrogen-bond acceptors (Lipinski definition) is 5. The molecule has 6 heteroatoms. The molecule has 0 aromatic carbocycles. The number of imide groups is 1. The van der Waals surface area contributed by atoms with Crippen molar-refractivity contribution in [3.8, 4) is 0 Å². The normalized spacial score (nSPS) is 21.3. The maximum absolute atomic E-state index is 11.6. The third-order valence-corrected chi connectivity index (χ3v) is 1.98. The Hall–Kier alpha value is -1.14. The number of amides is 2. The summed E-state index contributed by atoms with van der Waals surface area (Å²) < 4.78 is 4.98. The predicted octanol–water partition coefficient (Wildman–Crippen LogP) is -0.401. The molecule has 92 valence electrons. The highest BCUT2D eigenvalue weighted by molar-refractivity contribution is 5.95. The molecule has 1 rings (SSSR count). The Morgan fingerprint density at radius 1 is 1.31 bits per heavy atom. The van der Waals surface area contributed by atoms with E-state index in [-0.39, 0.29) is 11.9 Å². The Morgan fingerprint density at radius 2 is 2.00 bits per heavy atom. The molecule has 2 amide bonds. The standard InChI is InChI=1S/C10H19N3O3/c1-10(2,3)16-9(15)13-8(14)7-6-11-4-5-12-7/h7,11-12H,4-6H2,1-3H3,(H,13,14,15)/t7-/m0/s1. The lowest BCUT2D eigenvalue weighted by molar-refractivity contribution is -0.122. The van der Waals surface area contributed by atoms with Crippen molar-refractivity contribution in [2.45, 2.75) is 32.4 Å². The minimum atomic E-state index is -0.704. The lowest BCUT2D eigenvalue weighted by atomic mass is 10.2. The van der Waals surface area contributed by atoms with Crippen molar-refractivity contribution in [3.63, 3.8) is 0 Å². The van der Waals surface area contributed by atoms with Crippen molar-refractivity contribution < 1.29 is 14.3 Å². The topological polar surface area (TPSA) is 79.5 Å². The van der Waals surface area contributed by atoms with Gasteiger partial charge in [-0.1, -0.05) is 0 Å². The van der Waals surface area contributed by atoms with Gasteiger partial charge in [0.25, 0.3) is 0 Å². The van der Waals surface area contributed by atoms with Gasteiger partial charge >= 0.3 is 6.09 Å². The third-order valence-electron chi connectivity index (χ3n) is 1.98. The third kappa shape index (κ3) is 4.59. The van der Waals surface area contributed by atoms with Gasteiger partial charge in [0.2, 0.25) is 5.91 Å². The zero-order valence-electron chi connectivity index (χ0n) is 9.92. The molecule has 1 fully saturated rings. The van der Waals surface area contributed by atoms with Gasteiger partial charge in [0.05, 0.1) is 6.04 Å². The molecule has 16 heavy (non-hydrogen) atoms. The van der Waals surface area contributed by atoms with E-state index in [0.29, 0.717) is 13.1 Å². The summed E-state index contributed by atoms with van der Waals surface area (Å²) >= 11 is 0. The number of ether oxygens (including phenoxy) is 1. The molecule has 0 spiro atoms. The van der Waals surface area contributed by atoms with Crippen LogP contribution in [-0.2, 0) is 9.53 Å². The summed E-state index contributed by atoms with van der Waals surface area (Å²) in [6.45, 7) is 7.31. The number of rotatable bonds is 1. The Morgan fingerprint density at radius 3 is 2.50 bits per heavy atom. The fourth-order valence-electron chi connectivity index (χ4n) is 1.33. The van der Waals surface area contributed by atoms with Crippen molar-refractivity contribution in [1.29, 1.82) is 0 Å². The van der Waals surface area contributed by atoms with Crippen LogP contribution >= 0.6 is 0 Å². The summed E-state index contributed by atoms with van der Waals surface area (Å²) in [6.07, 6.45) is -0.704. The van der Waals surface area contributed by atoms with Crippen LogP contribution in [0.25, 0.3) is 0 Å². The first-order valence-corrected chi connectivity index (χ1v) is 5.36. The highest BCUT2D eigenvalue weighted by atomic mass is 16.6. The van der Waals surface area contributed by atoms with Gasteiger partial charge < -0.3 is 15.4 Å². The number of piperazine rings is 1. The van der Waals surface area contributed by atoms with Crippen molar-refractivity contribution >= 4 is 12.0 Å². The summed E-state index contributed by atoms with van der Waals surface area (Å²) in [7, 11) is 0. The van der Waals surface area contributed by atoms with E-state index in [4.69, 9.17) is 4.74 Å². The molecular formula is C10H19N3O3. The maximum atomic E-state index is 11.6. The van der Waals surface area contributed by atoms with Crippen molar-refractivity contribution in [3.05, 3.63) is 0 Å². The van der Waals surface area contributed by atoms with Crippen molar-refractivity contribution in [2.24, 2.45) is 0 Å². The molecule has 1 saturated heterocycles. The van der Waals surface area contributed by atoms with Gasteiger partial charge in [0.15, 0.2) is 0 Å². The maximum Gasteiger partial charge on any atom is 0.414 e. The average Bonchev–Trinajstić information content (AvgIpc) is 2.16. The lowest BCUT2D eigenvalue weighted by Crippen LogP contribution is -2.56. The molecule has 6 nitrogen and oxygen atoms in total. The second kappa shape index (κ2) is 5.27. The highest BCUT2D eigenvalue weighted by Crippen LogP contribution is 2.06. The number of carbonyl (C=O) groups is 2. The molecule has 1 atom stereocenters. The zero-order valence-corrected chi connectivity index (χ0v) is 9.92. The molecule has 0 saturated carbocycles. The number of carbonyl (C=O) groups excluding carboxylic acids is 2. The van der Waals surface area contributed by atoms with Crippen LogP contribution < -0.4 is 16.0 Å². The lowest BCUT2D eigenvalue weighted by Gasteiger charge is -2.24. The number of alkyl carbamates (subject to hydrolysis) is 1. The first kappa shape index (κ1) is 12.9. The van der Waals surface area contributed by atoms with Gasteiger partial charge in [0, 0.05) is 19.6 Å². The average molecular weight is 229 g/mol. The van der Waals surface area contributed by atoms with E-state index in [0.717, 1.165) is 6.54 Å². The molecule has 3 N–H and O–H groups in total. The zero-order chi connectivity index (χ0) is 12.2. The van der Waals surface area contributed by atoms with Crippen LogP contribution in [0.1, 0.15) is 20.8 Å². The van der Waals surface area contributed by atoms with Gasteiger partial charge in [-0.2, -0.15) is 0 Å². The van der Waals surface area contributed by atoms with Crippen LogP contribution in [0, 0.1) is 0 Å². The molecule has 1 heterocycles. The molecule has 0 bridgehead atoms. The summed E-state index contributed by atoms with van der Waals surface area (Å²) in [5.74, 6) is -0.360. The van der Waals surface area contributed by atoms with Crippen LogP contribution in [0.2, 0.25) is 0 Å². The van der Waals surface area contributed by atoms with Crippen molar-refractivity contribution in [2.75, 3.05) is 19.6 Å². The largest absolute Gasteiger partial charge is 0.444 e. The van der Waals surface area contributed by atoms with Crippen LogP contribution in [0.3, 0.4) is 0 Å². The van der Waals surface area contributed by atoms with Crippen LogP contribution in [0.4, 0.5) is 4.79 Å². The quantitative estimate of drug-likeness (QED) is 0.570. The number of nitrogens with one attached hydrogen (secondary N) is 3. The van der Waals surface area contributed by atoms with E-state index in [9.17, 15) is 9.59 Å². The monoisotopic (exact) mass is 229 g/mol. The molecule has 1 aliphatic heterocycles. The first-order valence-electron chi connectivity index (χ1n) is 5.36. The summed E-state index contributed by atoms with van der Waals surface area (Å²) in [5.41, 5.74) is -0.595. The molecule has 0 aromatic rings.